The van der Waals surface area contributed by atoms with Crippen molar-refractivity contribution < 1.29 is 38.5 Å². The highest BCUT2D eigenvalue weighted by molar-refractivity contribution is 5.90. The number of aromatic amines is 1. The van der Waals surface area contributed by atoms with E-state index in [0.29, 0.717) is 59.0 Å². The molecule has 3 aliphatic rings. The second-order valence-corrected chi connectivity index (χ2v) is 15.4. The smallest absolute Gasteiger partial charge is 0.408 e. The number of amides is 1. The minimum absolute atomic E-state index is 0.0146. The molecule has 2 aromatic heterocycles. The lowest BCUT2D eigenvalue weighted by Gasteiger charge is -2.43. The Labute approximate surface area is 351 Å². The number of aliphatic hydroxyl groups is 1. The molecule has 15 heteroatoms. The number of esters is 1. The average molecular weight is 829 g/mol. The summed E-state index contributed by atoms with van der Waals surface area (Å²) < 4.78 is 22.9. The number of rotatable bonds is 17. The summed E-state index contributed by atoms with van der Waals surface area (Å²) in [5, 5.41) is 31.8. The van der Waals surface area contributed by atoms with Crippen LogP contribution in [-0.4, -0.2) is 87.7 Å². The monoisotopic (exact) mass is 828 g/mol. The van der Waals surface area contributed by atoms with Crippen molar-refractivity contribution in [3.05, 3.63) is 142 Å². The molecule has 5 heterocycles. The van der Waals surface area contributed by atoms with Crippen LogP contribution < -0.4 is 20.9 Å². The molecule has 1 amide bonds. The predicted molar refractivity (Wildman–Crippen MR) is 225 cm³/mol. The maximum atomic E-state index is 13.2. The highest BCUT2D eigenvalue weighted by Gasteiger charge is 2.37. The van der Waals surface area contributed by atoms with Crippen molar-refractivity contribution in [2.75, 3.05) is 39.3 Å². The maximum Gasteiger partial charge on any atom is 0.408 e. The third kappa shape index (κ3) is 10.3. The lowest BCUT2D eigenvalue weighted by atomic mass is 9.86. The molecular formula is C46H48N6O9. The summed E-state index contributed by atoms with van der Waals surface area (Å²) in [5.74, 6) is 1.05. The molecule has 3 atom stereocenters. The van der Waals surface area contributed by atoms with Crippen molar-refractivity contribution >= 4 is 23.0 Å². The fraction of sp³-hybridized carbons (Fsp3) is 0.326. The number of alkyl carbamates (subject to hydrolysis) is 1. The van der Waals surface area contributed by atoms with E-state index in [1.54, 1.807) is 36.4 Å². The zero-order valence-corrected chi connectivity index (χ0v) is 33.5. The first-order valence-corrected chi connectivity index (χ1v) is 20.6. The Morgan fingerprint density at radius 2 is 1.74 bits per heavy atom. The summed E-state index contributed by atoms with van der Waals surface area (Å²) in [5.41, 5.74) is 3.31. The second-order valence-electron chi connectivity index (χ2n) is 15.4. The number of ether oxygens (including phenoxy) is 3. The first-order valence-electron chi connectivity index (χ1n) is 20.6. The Hall–Kier alpha value is -6.55. The average Bonchev–Trinajstić information content (AvgIpc) is 3.77. The molecule has 6 aromatic rings. The highest BCUT2D eigenvalue weighted by Crippen LogP contribution is 2.32. The number of carbonyl (C=O) groups is 2. The van der Waals surface area contributed by atoms with Gasteiger partial charge in [-0.15, -0.1) is 0 Å². The number of unbranched alkanes of at least 4 members (excludes halogenated alkanes) is 1. The van der Waals surface area contributed by atoms with Crippen molar-refractivity contribution in [2.24, 2.45) is 5.92 Å². The first-order chi connectivity index (χ1) is 29.8. The fourth-order valence-electron chi connectivity index (χ4n) is 7.95. The SMILES string of the molecule is O=C(NC(c1ccccc1)c1cccc(OCc2nc(-c3ccc(C(=O)OCCCCNC[C@H](O)c4ccc(O)c5[nH]c(=O)ccc45)cc3)no2)c1)O[C@H]1CN2CCC1CC2. The summed E-state index contributed by atoms with van der Waals surface area (Å²) in [4.78, 5) is 47.0. The van der Waals surface area contributed by atoms with Gasteiger partial charge in [-0.2, -0.15) is 4.98 Å². The Kier molecular flexibility index (Phi) is 13.0. The number of fused-ring (bicyclic) bond motifs is 4. The number of aromatic nitrogens is 3. The van der Waals surface area contributed by atoms with Crippen LogP contribution in [0.1, 0.15) is 70.8 Å². The molecule has 3 saturated heterocycles. The predicted octanol–water partition coefficient (Wildman–Crippen LogP) is 6.03. The van der Waals surface area contributed by atoms with E-state index >= 15 is 0 Å². The molecule has 61 heavy (non-hydrogen) atoms. The van der Waals surface area contributed by atoms with Crippen molar-refractivity contribution in [2.45, 2.75) is 50.5 Å². The molecule has 9 rings (SSSR count). The van der Waals surface area contributed by atoms with E-state index in [1.165, 1.54) is 12.1 Å². The highest BCUT2D eigenvalue weighted by atomic mass is 16.6. The summed E-state index contributed by atoms with van der Waals surface area (Å²) in [6.07, 6.45) is 2.03. The van der Waals surface area contributed by atoms with Crippen LogP contribution in [0.2, 0.25) is 0 Å². The lowest BCUT2D eigenvalue weighted by molar-refractivity contribution is -0.0336. The van der Waals surface area contributed by atoms with Crippen LogP contribution in [0.15, 0.2) is 112 Å². The molecule has 4 aromatic carbocycles. The number of hydrogen-bond donors (Lipinski definition) is 5. The third-order valence-electron chi connectivity index (χ3n) is 11.2. The Morgan fingerprint density at radius 3 is 2.52 bits per heavy atom. The molecule has 3 fully saturated rings. The normalized spacial score (nSPS) is 18.0. The number of phenolic OH excluding ortho intramolecular Hbond substituents is 1. The first kappa shape index (κ1) is 41.2. The van der Waals surface area contributed by atoms with Gasteiger partial charge in [-0.1, -0.05) is 65.8 Å². The Bertz CT molecular complexity index is 2480. The van der Waals surface area contributed by atoms with Crippen LogP contribution in [0, 0.1) is 5.92 Å². The topological polar surface area (TPSA) is 201 Å². The number of H-pyrrole nitrogens is 1. The number of nitrogens with one attached hydrogen (secondary N) is 3. The zero-order chi connectivity index (χ0) is 42.1. The molecule has 0 saturated carbocycles. The van der Waals surface area contributed by atoms with Crippen LogP contribution in [0.3, 0.4) is 0 Å². The molecule has 5 N–H and O–H groups in total. The number of benzene rings is 4. The van der Waals surface area contributed by atoms with Crippen LogP contribution in [-0.2, 0) is 16.1 Å². The lowest BCUT2D eigenvalue weighted by Crippen LogP contribution is -2.52. The van der Waals surface area contributed by atoms with Gasteiger partial charge in [-0.3, -0.25) is 9.69 Å². The number of aliphatic hydroxyl groups excluding tert-OH is 1. The summed E-state index contributed by atoms with van der Waals surface area (Å²) >= 11 is 0. The van der Waals surface area contributed by atoms with E-state index in [0.717, 1.165) is 43.6 Å². The van der Waals surface area contributed by atoms with E-state index < -0.39 is 24.2 Å². The van der Waals surface area contributed by atoms with Gasteiger partial charge in [0.15, 0.2) is 6.61 Å². The van der Waals surface area contributed by atoms with E-state index in [-0.39, 0.29) is 48.6 Å². The van der Waals surface area contributed by atoms with Gasteiger partial charge in [0.25, 0.3) is 5.89 Å². The minimum atomic E-state index is -0.855. The molecule has 0 radical (unpaired) electrons. The largest absolute Gasteiger partial charge is 0.506 e. The van der Waals surface area contributed by atoms with Gasteiger partial charge >= 0.3 is 12.1 Å². The van der Waals surface area contributed by atoms with Crippen molar-refractivity contribution in [1.29, 1.82) is 0 Å². The zero-order valence-electron chi connectivity index (χ0n) is 33.5. The van der Waals surface area contributed by atoms with Crippen LogP contribution >= 0.6 is 0 Å². The molecule has 2 bridgehead atoms. The van der Waals surface area contributed by atoms with Gasteiger partial charge in [-0.05, 0) is 104 Å². The van der Waals surface area contributed by atoms with Gasteiger partial charge in [0.05, 0.1) is 29.8 Å². The quantitative estimate of drug-likeness (QED) is 0.0528. The van der Waals surface area contributed by atoms with Gasteiger partial charge < -0.3 is 44.6 Å². The number of aromatic hydroxyl groups is 1. The number of hydrogen-bond acceptors (Lipinski definition) is 13. The second kappa shape index (κ2) is 19.2. The van der Waals surface area contributed by atoms with Gasteiger partial charge in [0.2, 0.25) is 11.4 Å². The molecular weight excluding hydrogens is 781 g/mol. The molecule has 0 aliphatic carbocycles. The number of phenols is 1. The van der Waals surface area contributed by atoms with Gasteiger partial charge in [0, 0.05) is 30.1 Å². The number of carbonyl (C=O) groups excluding carboxylic acids is 2. The third-order valence-corrected chi connectivity index (χ3v) is 11.2. The standard InChI is InChI=1S/C46H48N6O9/c53-37-17-15-35(36-16-18-40(55)48-43(36)37)38(54)26-47-21-4-5-24-58-45(56)32-13-11-31(12-14-32)44-49-41(61-51-44)28-59-34-10-6-9-33(25-34)42(30-7-2-1-3-8-30)50-46(57)60-39-27-52-22-19-29(39)20-23-52/h1-3,6-18,25,29,38-39,42,47,53-54H,4-5,19-24,26-28H2,(H,48,55)(H,50,57)/t38-,39-,42?/m0/s1. The Balaban J connectivity index is 0.780. The number of piperidine rings is 3. The molecule has 0 spiro atoms. The van der Waals surface area contributed by atoms with E-state index in [2.05, 4.69) is 30.7 Å². The molecule has 15 nitrogen and oxygen atoms in total. The minimum Gasteiger partial charge on any atom is -0.506 e. The summed E-state index contributed by atoms with van der Waals surface area (Å²) in [6.45, 7) is 4.01. The summed E-state index contributed by atoms with van der Waals surface area (Å²) in [6, 6.07) is 29.5. The molecule has 3 aliphatic heterocycles. The van der Waals surface area contributed by atoms with E-state index in [4.69, 9.17) is 18.7 Å². The summed E-state index contributed by atoms with van der Waals surface area (Å²) in [7, 11) is 0. The molecule has 316 valence electrons. The maximum absolute atomic E-state index is 13.2. The molecule has 1 unspecified atom stereocenters. The Morgan fingerprint density at radius 1 is 0.934 bits per heavy atom. The van der Waals surface area contributed by atoms with Crippen molar-refractivity contribution in [3.8, 4) is 22.9 Å². The van der Waals surface area contributed by atoms with Crippen molar-refractivity contribution in [1.82, 2.24) is 30.7 Å². The van der Waals surface area contributed by atoms with E-state index in [1.807, 2.05) is 54.6 Å². The van der Waals surface area contributed by atoms with Crippen LogP contribution in [0.25, 0.3) is 22.3 Å². The fourth-order valence-corrected chi connectivity index (χ4v) is 7.95. The van der Waals surface area contributed by atoms with Crippen LogP contribution in [0.5, 0.6) is 11.5 Å². The number of nitrogens with zero attached hydrogens (tertiary/aromatic N) is 3. The van der Waals surface area contributed by atoms with Crippen LogP contribution in [0.4, 0.5) is 4.79 Å². The van der Waals surface area contributed by atoms with Gasteiger partial charge in [0.1, 0.15) is 17.6 Å². The van der Waals surface area contributed by atoms with E-state index in [9.17, 15) is 24.6 Å². The number of pyridine rings is 1. The van der Waals surface area contributed by atoms with Gasteiger partial charge in [-0.25, -0.2) is 9.59 Å². The van der Waals surface area contributed by atoms with Crippen molar-refractivity contribution in [3.63, 3.8) is 0 Å².